The van der Waals surface area contributed by atoms with Crippen LogP contribution in [0.15, 0.2) is 29.2 Å². The fraction of sp³-hybridized carbons (Fsp3) is 0.400. The molecule has 0 aliphatic carbocycles. The zero-order valence-corrected chi connectivity index (χ0v) is 9.21. The van der Waals surface area contributed by atoms with Crippen LogP contribution in [0.25, 0.3) is 0 Å². The van der Waals surface area contributed by atoms with E-state index in [0.717, 1.165) is 5.56 Å². The highest BCUT2D eigenvalue weighted by atomic mass is 32.2. The molecule has 0 saturated carbocycles. The van der Waals surface area contributed by atoms with Crippen LogP contribution in [0.1, 0.15) is 12.5 Å². The molecular formula is C10H15NO2S. The Morgan fingerprint density at radius 2 is 2.07 bits per heavy atom. The standard InChI is InChI=1S/C10H15NO2S/c1-8-4-3-5-10(6-8)14(12,13)7-9(2)11/h3-6,9H,7,11H2,1-2H3/t9-/m0/s1. The molecule has 0 radical (unpaired) electrons. The van der Waals surface area contributed by atoms with E-state index < -0.39 is 9.84 Å². The summed E-state index contributed by atoms with van der Waals surface area (Å²) < 4.78 is 23.4. The Bertz CT molecular complexity index is 410. The molecule has 1 rings (SSSR count). The van der Waals surface area contributed by atoms with Crippen LogP contribution in [0.3, 0.4) is 0 Å². The van der Waals surface area contributed by atoms with Gasteiger partial charge in [-0.05, 0) is 31.5 Å². The van der Waals surface area contributed by atoms with E-state index >= 15 is 0 Å². The van der Waals surface area contributed by atoms with E-state index in [1.807, 2.05) is 13.0 Å². The molecule has 78 valence electrons. The summed E-state index contributed by atoms with van der Waals surface area (Å²) in [6.07, 6.45) is 0. The maximum Gasteiger partial charge on any atom is 0.179 e. The van der Waals surface area contributed by atoms with E-state index in [1.54, 1.807) is 25.1 Å². The molecule has 0 bridgehead atoms. The first-order chi connectivity index (χ1) is 6.42. The summed E-state index contributed by atoms with van der Waals surface area (Å²) in [5, 5.41) is 0. The Hall–Kier alpha value is -0.870. The predicted octanol–water partition coefficient (Wildman–Crippen LogP) is 1.12. The first kappa shape index (κ1) is 11.2. The maximum atomic E-state index is 11.7. The quantitative estimate of drug-likeness (QED) is 0.818. The average Bonchev–Trinajstić information content (AvgIpc) is 2.01. The minimum absolute atomic E-state index is 0.00352. The van der Waals surface area contributed by atoms with Crippen molar-refractivity contribution in [3.05, 3.63) is 29.8 Å². The third-order valence-electron chi connectivity index (χ3n) is 1.83. The van der Waals surface area contributed by atoms with Crippen LogP contribution >= 0.6 is 0 Å². The highest BCUT2D eigenvalue weighted by molar-refractivity contribution is 7.91. The van der Waals surface area contributed by atoms with Gasteiger partial charge in [-0.25, -0.2) is 8.42 Å². The smallest absolute Gasteiger partial charge is 0.179 e. The molecule has 0 saturated heterocycles. The van der Waals surface area contributed by atoms with Crippen LogP contribution in [-0.2, 0) is 9.84 Å². The van der Waals surface area contributed by atoms with E-state index in [4.69, 9.17) is 5.73 Å². The molecule has 0 unspecified atom stereocenters. The molecule has 0 heterocycles. The van der Waals surface area contributed by atoms with Gasteiger partial charge < -0.3 is 5.73 Å². The molecule has 0 aromatic heterocycles. The highest BCUT2D eigenvalue weighted by Crippen LogP contribution is 2.13. The average molecular weight is 213 g/mol. The van der Waals surface area contributed by atoms with Crippen LogP contribution in [0.5, 0.6) is 0 Å². The molecule has 0 aliphatic heterocycles. The number of nitrogens with two attached hydrogens (primary N) is 1. The van der Waals surface area contributed by atoms with E-state index in [1.165, 1.54) is 0 Å². The van der Waals surface area contributed by atoms with E-state index in [-0.39, 0.29) is 11.8 Å². The Balaban J connectivity index is 3.05. The van der Waals surface area contributed by atoms with Crippen molar-refractivity contribution in [2.75, 3.05) is 5.75 Å². The lowest BCUT2D eigenvalue weighted by atomic mass is 10.2. The lowest BCUT2D eigenvalue weighted by Gasteiger charge is -2.07. The van der Waals surface area contributed by atoms with E-state index in [9.17, 15) is 8.42 Å². The van der Waals surface area contributed by atoms with Crippen molar-refractivity contribution >= 4 is 9.84 Å². The molecule has 0 aliphatic rings. The zero-order chi connectivity index (χ0) is 10.8. The molecule has 14 heavy (non-hydrogen) atoms. The SMILES string of the molecule is Cc1cccc(S(=O)(=O)C[C@H](C)N)c1. The highest BCUT2D eigenvalue weighted by Gasteiger charge is 2.15. The Labute approximate surface area is 84.9 Å². The van der Waals surface area contributed by atoms with Gasteiger partial charge in [0, 0.05) is 6.04 Å². The van der Waals surface area contributed by atoms with Crippen molar-refractivity contribution in [1.82, 2.24) is 0 Å². The lowest BCUT2D eigenvalue weighted by Crippen LogP contribution is -2.26. The second kappa shape index (κ2) is 4.11. The van der Waals surface area contributed by atoms with Gasteiger partial charge in [-0.3, -0.25) is 0 Å². The molecule has 1 aromatic carbocycles. The van der Waals surface area contributed by atoms with Gasteiger partial charge >= 0.3 is 0 Å². The molecule has 2 N–H and O–H groups in total. The zero-order valence-electron chi connectivity index (χ0n) is 8.40. The van der Waals surface area contributed by atoms with Gasteiger partial charge in [-0.1, -0.05) is 12.1 Å². The Morgan fingerprint density at radius 3 is 2.57 bits per heavy atom. The van der Waals surface area contributed by atoms with Crippen LogP contribution in [0.4, 0.5) is 0 Å². The van der Waals surface area contributed by atoms with Gasteiger partial charge in [-0.2, -0.15) is 0 Å². The number of benzene rings is 1. The third-order valence-corrected chi connectivity index (χ3v) is 3.77. The lowest BCUT2D eigenvalue weighted by molar-refractivity contribution is 0.590. The van der Waals surface area contributed by atoms with Crippen molar-refractivity contribution in [2.24, 2.45) is 5.73 Å². The Morgan fingerprint density at radius 1 is 1.43 bits per heavy atom. The first-order valence-electron chi connectivity index (χ1n) is 4.47. The van der Waals surface area contributed by atoms with Crippen molar-refractivity contribution in [1.29, 1.82) is 0 Å². The first-order valence-corrected chi connectivity index (χ1v) is 6.12. The minimum Gasteiger partial charge on any atom is -0.327 e. The molecule has 0 fully saturated rings. The monoisotopic (exact) mass is 213 g/mol. The second-order valence-electron chi connectivity index (χ2n) is 3.58. The summed E-state index contributed by atoms with van der Waals surface area (Å²) in [6.45, 7) is 3.55. The number of hydrogen-bond donors (Lipinski definition) is 1. The fourth-order valence-electron chi connectivity index (χ4n) is 1.25. The van der Waals surface area contributed by atoms with E-state index in [0.29, 0.717) is 4.90 Å². The molecule has 4 heteroatoms. The topological polar surface area (TPSA) is 60.2 Å². The molecule has 0 amide bonds. The summed E-state index contributed by atoms with van der Waals surface area (Å²) in [5.41, 5.74) is 6.42. The number of sulfone groups is 1. The van der Waals surface area contributed by atoms with Crippen LogP contribution in [0.2, 0.25) is 0 Å². The maximum absolute atomic E-state index is 11.7. The van der Waals surface area contributed by atoms with Gasteiger partial charge in [0.25, 0.3) is 0 Å². The largest absolute Gasteiger partial charge is 0.327 e. The van der Waals surface area contributed by atoms with Crippen molar-refractivity contribution < 1.29 is 8.42 Å². The summed E-state index contributed by atoms with van der Waals surface area (Å²) >= 11 is 0. The number of aryl methyl sites for hydroxylation is 1. The second-order valence-corrected chi connectivity index (χ2v) is 5.61. The molecular weight excluding hydrogens is 198 g/mol. The molecule has 1 atom stereocenters. The van der Waals surface area contributed by atoms with Gasteiger partial charge in [0.15, 0.2) is 9.84 Å². The third kappa shape index (κ3) is 2.82. The van der Waals surface area contributed by atoms with E-state index in [2.05, 4.69) is 0 Å². The summed E-state index contributed by atoms with van der Waals surface area (Å²) in [6, 6.07) is 6.54. The molecule has 1 aromatic rings. The van der Waals surface area contributed by atoms with Crippen molar-refractivity contribution in [3.63, 3.8) is 0 Å². The van der Waals surface area contributed by atoms with Crippen molar-refractivity contribution in [2.45, 2.75) is 24.8 Å². The summed E-state index contributed by atoms with van der Waals surface area (Å²) in [4.78, 5) is 0.356. The van der Waals surface area contributed by atoms with Gasteiger partial charge in [0.1, 0.15) is 0 Å². The summed E-state index contributed by atoms with van der Waals surface area (Å²) in [7, 11) is -3.21. The fourth-order valence-corrected chi connectivity index (χ4v) is 2.79. The predicted molar refractivity (Wildman–Crippen MR) is 56.9 cm³/mol. The van der Waals surface area contributed by atoms with Crippen LogP contribution in [0, 0.1) is 6.92 Å². The van der Waals surface area contributed by atoms with Crippen molar-refractivity contribution in [3.8, 4) is 0 Å². The van der Waals surface area contributed by atoms with Crippen LogP contribution in [-0.4, -0.2) is 20.2 Å². The number of rotatable bonds is 3. The van der Waals surface area contributed by atoms with Gasteiger partial charge in [-0.15, -0.1) is 0 Å². The summed E-state index contributed by atoms with van der Waals surface area (Å²) in [5.74, 6) is -0.00352. The minimum atomic E-state index is -3.21. The normalized spacial score (nSPS) is 13.9. The van der Waals surface area contributed by atoms with Crippen LogP contribution < -0.4 is 5.73 Å². The molecule has 0 spiro atoms. The Kier molecular flexibility index (Phi) is 3.29. The van der Waals surface area contributed by atoms with Gasteiger partial charge in [0.05, 0.1) is 10.6 Å². The number of hydrogen-bond acceptors (Lipinski definition) is 3. The molecule has 3 nitrogen and oxygen atoms in total. The van der Waals surface area contributed by atoms with Gasteiger partial charge in [0.2, 0.25) is 0 Å².